The molecule has 24 heavy (non-hydrogen) atoms. The van der Waals surface area contributed by atoms with Crippen molar-refractivity contribution in [3.63, 3.8) is 0 Å². The van der Waals surface area contributed by atoms with Gasteiger partial charge in [0.2, 0.25) is 0 Å². The average molecular weight is 331 g/mol. The van der Waals surface area contributed by atoms with Crippen molar-refractivity contribution in [2.75, 3.05) is 19.6 Å². The summed E-state index contributed by atoms with van der Waals surface area (Å²) in [5, 5.41) is 3.21. The zero-order valence-corrected chi connectivity index (χ0v) is 14.5. The van der Waals surface area contributed by atoms with Gasteiger partial charge in [0.25, 0.3) is 0 Å². The lowest BCUT2D eigenvalue weighted by Crippen LogP contribution is -2.46. The van der Waals surface area contributed by atoms with Crippen molar-refractivity contribution in [3.05, 3.63) is 24.2 Å². The summed E-state index contributed by atoms with van der Waals surface area (Å²) in [4.78, 5) is 17.4. The number of nitrogens with one attached hydrogen (secondary N) is 1. The average Bonchev–Trinajstić information content (AvgIpc) is 3.06. The molecular weight excluding hydrogens is 302 g/mol. The molecule has 132 valence electrons. The normalized spacial score (nSPS) is 25.2. The Balaban J connectivity index is 1.30. The van der Waals surface area contributed by atoms with Gasteiger partial charge in [-0.3, -0.25) is 0 Å². The molecule has 3 fully saturated rings. The lowest BCUT2D eigenvalue weighted by molar-refractivity contribution is 0.163. The van der Waals surface area contributed by atoms with Crippen LogP contribution in [-0.4, -0.2) is 47.5 Å². The fourth-order valence-electron chi connectivity index (χ4n) is 4.29. The Hall–Kier alpha value is -1.49. The molecule has 4 rings (SSSR count). The van der Waals surface area contributed by atoms with Gasteiger partial charge >= 0.3 is 6.03 Å². The molecule has 2 aliphatic carbocycles. The van der Waals surface area contributed by atoms with E-state index in [-0.39, 0.29) is 6.03 Å². The Bertz CT molecular complexity index is 535. The Kier molecular flexibility index (Phi) is 4.79. The first kappa shape index (κ1) is 16.0. The van der Waals surface area contributed by atoms with E-state index in [0.29, 0.717) is 18.5 Å². The molecular formula is C19H29N3O2. The van der Waals surface area contributed by atoms with E-state index in [2.05, 4.69) is 10.2 Å². The summed E-state index contributed by atoms with van der Waals surface area (Å²) < 4.78 is 5.47. The SMILES string of the molecule is O=C(NC[C@H]1CCN(C2CC2)C1)N(Cc1ccco1)C1CCCC1. The highest BCUT2D eigenvalue weighted by molar-refractivity contribution is 5.74. The molecule has 1 N–H and O–H groups in total. The van der Waals surface area contributed by atoms with E-state index in [4.69, 9.17) is 4.42 Å². The lowest BCUT2D eigenvalue weighted by Gasteiger charge is -2.29. The number of carbonyl (C=O) groups is 1. The first-order chi connectivity index (χ1) is 11.8. The van der Waals surface area contributed by atoms with Gasteiger partial charge in [0.15, 0.2) is 0 Å². The lowest BCUT2D eigenvalue weighted by atomic mass is 10.1. The van der Waals surface area contributed by atoms with E-state index in [0.717, 1.165) is 37.7 Å². The summed E-state index contributed by atoms with van der Waals surface area (Å²) in [6, 6.07) is 5.15. The van der Waals surface area contributed by atoms with Crippen molar-refractivity contribution < 1.29 is 9.21 Å². The molecule has 3 aliphatic rings. The van der Waals surface area contributed by atoms with Crippen LogP contribution in [0.25, 0.3) is 0 Å². The molecule has 1 aliphatic heterocycles. The quantitative estimate of drug-likeness (QED) is 0.871. The van der Waals surface area contributed by atoms with Crippen LogP contribution in [0.3, 0.4) is 0 Å². The largest absolute Gasteiger partial charge is 0.467 e. The minimum atomic E-state index is 0.0863. The highest BCUT2D eigenvalue weighted by Gasteiger charge is 2.35. The third-order valence-electron chi connectivity index (χ3n) is 5.86. The van der Waals surface area contributed by atoms with Gasteiger partial charge in [-0.05, 0) is 56.7 Å². The molecule has 0 radical (unpaired) electrons. The first-order valence-electron chi connectivity index (χ1n) is 9.60. The number of carbonyl (C=O) groups excluding carboxylic acids is 1. The van der Waals surface area contributed by atoms with E-state index in [1.807, 2.05) is 17.0 Å². The Morgan fingerprint density at radius 3 is 2.79 bits per heavy atom. The van der Waals surface area contributed by atoms with Crippen molar-refractivity contribution in [3.8, 4) is 0 Å². The molecule has 2 heterocycles. The van der Waals surface area contributed by atoms with Gasteiger partial charge in [0, 0.05) is 25.2 Å². The molecule has 1 aromatic rings. The molecule has 0 bridgehead atoms. The Labute approximate surface area is 144 Å². The summed E-state index contributed by atoms with van der Waals surface area (Å²) in [5.74, 6) is 1.49. The van der Waals surface area contributed by atoms with Crippen molar-refractivity contribution >= 4 is 6.03 Å². The van der Waals surface area contributed by atoms with Crippen LogP contribution in [0.1, 0.15) is 50.7 Å². The standard InChI is InChI=1S/C19H29N3O2/c23-19(20-12-15-9-10-21(13-15)16-7-8-16)22(17-4-1-2-5-17)14-18-6-3-11-24-18/h3,6,11,15-17H,1-2,4-5,7-10,12-14H2,(H,20,23)/t15-/m1/s1. The molecule has 1 aromatic heterocycles. The summed E-state index contributed by atoms with van der Waals surface area (Å²) >= 11 is 0. The van der Waals surface area contributed by atoms with E-state index in [1.54, 1.807) is 6.26 Å². The minimum Gasteiger partial charge on any atom is -0.467 e. The molecule has 1 atom stereocenters. The highest BCUT2D eigenvalue weighted by atomic mass is 16.3. The number of amides is 2. The third-order valence-corrected chi connectivity index (χ3v) is 5.86. The van der Waals surface area contributed by atoms with Crippen molar-refractivity contribution in [1.29, 1.82) is 0 Å². The van der Waals surface area contributed by atoms with Crippen LogP contribution in [0, 0.1) is 5.92 Å². The fourth-order valence-corrected chi connectivity index (χ4v) is 4.29. The molecule has 0 unspecified atom stereocenters. The van der Waals surface area contributed by atoms with Gasteiger partial charge in [0.05, 0.1) is 12.8 Å². The van der Waals surface area contributed by atoms with E-state index in [9.17, 15) is 4.79 Å². The molecule has 0 spiro atoms. The third kappa shape index (κ3) is 3.77. The van der Waals surface area contributed by atoms with Gasteiger partial charge in [-0.1, -0.05) is 12.8 Å². The van der Waals surface area contributed by atoms with Gasteiger partial charge in [-0.15, -0.1) is 0 Å². The van der Waals surface area contributed by atoms with Gasteiger partial charge in [-0.2, -0.15) is 0 Å². The molecule has 1 saturated heterocycles. The summed E-state index contributed by atoms with van der Waals surface area (Å²) in [7, 11) is 0. The van der Waals surface area contributed by atoms with Crippen LogP contribution < -0.4 is 5.32 Å². The zero-order valence-electron chi connectivity index (χ0n) is 14.5. The fraction of sp³-hybridized carbons (Fsp3) is 0.737. The monoisotopic (exact) mass is 331 g/mol. The Morgan fingerprint density at radius 2 is 2.08 bits per heavy atom. The second-order valence-corrected chi connectivity index (χ2v) is 7.71. The van der Waals surface area contributed by atoms with Crippen LogP contribution in [-0.2, 0) is 6.54 Å². The summed E-state index contributed by atoms with van der Waals surface area (Å²) in [5.41, 5.74) is 0. The van der Waals surface area contributed by atoms with Crippen molar-refractivity contribution in [1.82, 2.24) is 15.1 Å². The maximum atomic E-state index is 12.8. The number of furan rings is 1. The molecule has 2 amide bonds. The molecule has 2 saturated carbocycles. The second-order valence-electron chi connectivity index (χ2n) is 7.71. The van der Waals surface area contributed by atoms with E-state index in [1.165, 1.54) is 38.6 Å². The smallest absolute Gasteiger partial charge is 0.318 e. The van der Waals surface area contributed by atoms with Crippen LogP contribution in [0.15, 0.2) is 22.8 Å². The first-order valence-corrected chi connectivity index (χ1v) is 9.60. The van der Waals surface area contributed by atoms with Gasteiger partial charge in [0.1, 0.15) is 5.76 Å². The van der Waals surface area contributed by atoms with Crippen LogP contribution >= 0.6 is 0 Å². The van der Waals surface area contributed by atoms with Crippen LogP contribution in [0.2, 0.25) is 0 Å². The molecule has 0 aromatic carbocycles. The summed E-state index contributed by atoms with van der Waals surface area (Å²) in [6.45, 7) is 3.77. The number of hydrogen-bond donors (Lipinski definition) is 1. The minimum absolute atomic E-state index is 0.0863. The van der Waals surface area contributed by atoms with Gasteiger partial charge in [-0.25, -0.2) is 4.79 Å². The maximum absolute atomic E-state index is 12.8. The van der Waals surface area contributed by atoms with Crippen molar-refractivity contribution in [2.45, 2.75) is 63.6 Å². The molecule has 5 heteroatoms. The number of urea groups is 1. The van der Waals surface area contributed by atoms with E-state index >= 15 is 0 Å². The maximum Gasteiger partial charge on any atom is 0.318 e. The number of nitrogens with zero attached hydrogens (tertiary/aromatic N) is 2. The van der Waals surface area contributed by atoms with Crippen molar-refractivity contribution in [2.24, 2.45) is 5.92 Å². The zero-order chi connectivity index (χ0) is 16.4. The highest BCUT2D eigenvalue weighted by Crippen LogP contribution is 2.31. The predicted molar refractivity (Wildman–Crippen MR) is 92.6 cm³/mol. The molecule has 5 nitrogen and oxygen atoms in total. The van der Waals surface area contributed by atoms with Crippen LogP contribution in [0.5, 0.6) is 0 Å². The predicted octanol–water partition coefficient (Wildman–Crippen LogP) is 3.22. The topological polar surface area (TPSA) is 48.7 Å². The number of rotatable bonds is 6. The number of likely N-dealkylation sites (tertiary alicyclic amines) is 1. The number of hydrogen-bond acceptors (Lipinski definition) is 3. The second kappa shape index (κ2) is 7.18. The summed E-state index contributed by atoms with van der Waals surface area (Å²) in [6.07, 6.45) is 10.3. The van der Waals surface area contributed by atoms with Gasteiger partial charge < -0.3 is 19.5 Å². The Morgan fingerprint density at radius 1 is 1.25 bits per heavy atom. The van der Waals surface area contributed by atoms with E-state index < -0.39 is 0 Å². The van der Waals surface area contributed by atoms with Crippen LogP contribution in [0.4, 0.5) is 4.79 Å².